The predicted octanol–water partition coefficient (Wildman–Crippen LogP) is 5.53. The molecular formula is C59H85NO17. The zero-order chi connectivity index (χ0) is 52.4. The van der Waals surface area contributed by atoms with Crippen LogP contribution in [0, 0.1) is 23.7 Å². The van der Waals surface area contributed by atoms with Crippen molar-refractivity contribution in [1.82, 2.24) is 0 Å². The van der Waals surface area contributed by atoms with Gasteiger partial charge in [0.2, 0.25) is 0 Å². The van der Waals surface area contributed by atoms with Crippen LogP contribution in [-0.2, 0) is 75.8 Å². The third kappa shape index (κ3) is 8.95. The monoisotopic (exact) mass is 1080 g/mol. The van der Waals surface area contributed by atoms with Crippen LogP contribution in [0.4, 0.5) is 0 Å². The Bertz CT molecular complexity index is 2290. The molecule has 0 aromatic rings. The molecule has 0 aliphatic carbocycles. The van der Waals surface area contributed by atoms with E-state index in [0.717, 1.165) is 49.7 Å². The first kappa shape index (κ1) is 52.1. The van der Waals surface area contributed by atoms with Gasteiger partial charge in [0.05, 0.1) is 116 Å². The minimum Gasteiger partial charge on any atom is -0.459 e. The van der Waals surface area contributed by atoms with Crippen LogP contribution < -0.4 is 5.73 Å². The fourth-order valence-electron chi connectivity index (χ4n) is 18.0. The van der Waals surface area contributed by atoms with Crippen LogP contribution in [-0.4, -0.2) is 181 Å². The minimum absolute atomic E-state index is 0.00736. The summed E-state index contributed by atoms with van der Waals surface area (Å²) in [6.07, 6.45) is 5.18. The van der Waals surface area contributed by atoms with Crippen molar-refractivity contribution < 1.29 is 81.0 Å². The van der Waals surface area contributed by atoms with Crippen molar-refractivity contribution in [1.29, 1.82) is 0 Å². The number of aliphatic hydroxyl groups excluding tert-OH is 1. The summed E-state index contributed by atoms with van der Waals surface area (Å²) < 4.78 is 104. The van der Waals surface area contributed by atoms with Gasteiger partial charge in [-0.3, -0.25) is 4.79 Å². The van der Waals surface area contributed by atoms with Crippen molar-refractivity contribution in [2.75, 3.05) is 6.54 Å². The van der Waals surface area contributed by atoms with Crippen molar-refractivity contribution >= 4 is 5.97 Å². The number of hydrogen-bond donors (Lipinski definition) is 2. The van der Waals surface area contributed by atoms with E-state index in [0.29, 0.717) is 77.2 Å². The van der Waals surface area contributed by atoms with Gasteiger partial charge in [-0.2, -0.15) is 0 Å². The van der Waals surface area contributed by atoms with E-state index < -0.39 is 47.9 Å². The Kier molecular flexibility index (Phi) is 13.2. The fraction of sp³-hybridized carbons (Fsp3) is 0.915. The van der Waals surface area contributed by atoms with Gasteiger partial charge in [0, 0.05) is 63.7 Å². The lowest BCUT2D eigenvalue weighted by molar-refractivity contribution is -0.347. The third-order valence-electron chi connectivity index (χ3n) is 21.7. The number of nitrogens with two attached hydrogens (primary N) is 1. The van der Waals surface area contributed by atoms with E-state index in [1.807, 2.05) is 0 Å². The average molecular weight is 1080 g/mol. The van der Waals surface area contributed by atoms with E-state index in [1.165, 1.54) is 0 Å². The number of esters is 1. The van der Waals surface area contributed by atoms with Crippen molar-refractivity contribution in [2.45, 2.75) is 307 Å². The largest absolute Gasteiger partial charge is 0.459 e. The first-order valence-electron chi connectivity index (χ1n) is 30.3. The summed E-state index contributed by atoms with van der Waals surface area (Å²) in [7, 11) is 0. The average Bonchev–Trinajstić information content (AvgIpc) is 4.23. The van der Waals surface area contributed by atoms with Gasteiger partial charge in [-0.25, -0.2) is 0 Å². The molecule has 428 valence electrons. The van der Waals surface area contributed by atoms with Gasteiger partial charge >= 0.3 is 5.97 Å². The Morgan fingerprint density at radius 3 is 2.05 bits per heavy atom. The molecule has 3 N–H and O–H groups in total. The Morgan fingerprint density at radius 2 is 1.19 bits per heavy atom. The molecule has 12 bridgehead atoms. The molecule has 0 amide bonds. The minimum atomic E-state index is -0.888. The lowest BCUT2D eigenvalue weighted by Crippen LogP contribution is -2.62. The predicted molar refractivity (Wildman–Crippen MR) is 270 cm³/mol. The molecule has 16 fully saturated rings. The van der Waals surface area contributed by atoms with Crippen molar-refractivity contribution in [3.8, 4) is 0 Å². The molecule has 0 aromatic carbocycles. The topological polar surface area (TPSA) is 202 Å². The summed E-state index contributed by atoms with van der Waals surface area (Å²) in [4.78, 5) is 14.6. The van der Waals surface area contributed by atoms with Crippen LogP contribution in [0.5, 0.6) is 0 Å². The van der Waals surface area contributed by atoms with E-state index in [2.05, 4.69) is 40.9 Å². The van der Waals surface area contributed by atoms with Crippen LogP contribution in [0.25, 0.3) is 0 Å². The molecule has 0 aromatic heterocycles. The van der Waals surface area contributed by atoms with E-state index >= 15 is 0 Å². The maximum atomic E-state index is 14.6. The second-order valence-electron chi connectivity index (χ2n) is 27.0. The maximum Gasteiger partial charge on any atom is 0.308 e. The highest BCUT2D eigenvalue weighted by Gasteiger charge is 2.70. The standard InChI is InChI=1S/C59H85NO17/c1-26-15-32-7-9-36-27(2)16-34(63-36)11-13-57-24-45-53(76-57)54-55(70-45)56(77-57)52-37(67-54)10-8-33(65-52)17-47(62)71-51-31(6)50-42(66-41(51)18-38(64-32)30(26)5)20-40-44(69-50)23-59(72-40)25-46-49(75-59)29(4)22-58(74-46)21-28(3)48-43(73-58)19-39(68-48)35(61)12-14-60/h26,28-29,31-46,48-56,61H,2,5,7-25,60H2,1,3-4,6H3/t26-,28+,29+,31+,32+,33-,34+,35+,36+,37+,38-,39+,40-,41+,42+,43+,44-,45?,46+,48+,49+,50+,51-,52+,53+,54+,55-,56+,57+,58-,59+/m1/s1. The van der Waals surface area contributed by atoms with Crippen molar-refractivity contribution in [3.05, 3.63) is 24.3 Å². The summed E-state index contributed by atoms with van der Waals surface area (Å²) in [6.45, 7) is 18.4. The van der Waals surface area contributed by atoms with Gasteiger partial charge in [-0.05, 0) is 86.8 Å². The molecule has 16 aliphatic heterocycles. The Balaban J connectivity index is 0.663. The Labute approximate surface area is 452 Å². The SMILES string of the molecule is C=C1C[C@@H]2CC[C@@]34CC5O[C@H]6[C@@H](O3)[C@H]3O[C@H](CC[C@@H]3O[C@H]6[C@H]5O4)CC(=O)O[C@@H]3[C@@H](C)[C@@H]4O[C@@H]5C[C@]6(C[C@@H]7O[C@]8(C[C@H](C)[C@@H]9O[C@H]([C@@H](O)CCN)C[C@@H]9O8)C[C@H](C)[C@@H]7O6)O[C@@H]5C[C@@H]4O[C@H]3C[C@H]3O[C@@H](CC[C@@H]1O2)C[C@@H](C)C3=C. The number of fused-ring (bicyclic) bond motifs is 10. The van der Waals surface area contributed by atoms with Crippen molar-refractivity contribution in [2.24, 2.45) is 29.4 Å². The first-order valence-corrected chi connectivity index (χ1v) is 30.3. The number of hydrogen-bond acceptors (Lipinski definition) is 18. The number of ether oxygens (including phenoxy) is 15. The van der Waals surface area contributed by atoms with Gasteiger partial charge in [0.25, 0.3) is 0 Å². The molecule has 3 spiro atoms. The van der Waals surface area contributed by atoms with Gasteiger partial charge in [0.15, 0.2) is 17.4 Å². The van der Waals surface area contributed by atoms with Crippen molar-refractivity contribution in [3.63, 3.8) is 0 Å². The summed E-state index contributed by atoms with van der Waals surface area (Å²) in [5.41, 5.74) is 7.96. The Morgan fingerprint density at radius 1 is 0.519 bits per heavy atom. The van der Waals surface area contributed by atoms with Crippen LogP contribution in [0.15, 0.2) is 24.3 Å². The lowest BCUT2D eigenvalue weighted by Gasteiger charge is -2.50. The maximum absolute atomic E-state index is 14.6. The summed E-state index contributed by atoms with van der Waals surface area (Å²) >= 11 is 0. The zero-order valence-electron chi connectivity index (χ0n) is 45.6. The molecule has 16 heterocycles. The van der Waals surface area contributed by atoms with Gasteiger partial charge in [0.1, 0.15) is 36.6 Å². The van der Waals surface area contributed by atoms with E-state index in [1.54, 1.807) is 0 Å². The van der Waals surface area contributed by atoms with E-state index in [9.17, 15) is 9.90 Å². The van der Waals surface area contributed by atoms with Crippen LogP contribution in [0.2, 0.25) is 0 Å². The molecule has 16 aliphatic rings. The molecule has 18 nitrogen and oxygen atoms in total. The van der Waals surface area contributed by atoms with Crippen LogP contribution in [0.1, 0.15) is 143 Å². The number of carbonyl (C=O) groups excluding carboxylic acids is 1. The Hall–Kier alpha value is -1.69. The molecule has 16 saturated heterocycles. The second kappa shape index (κ2) is 19.4. The van der Waals surface area contributed by atoms with Crippen LogP contribution >= 0.6 is 0 Å². The summed E-state index contributed by atoms with van der Waals surface area (Å²) in [6, 6.07) is 0. The molecule has 77 heavy (non-hydrogen) atoms. The fourth-order valence-corrected chi connectivity index (χ4v) is 18.0. The quantitative estimate of drug-likeness (QED) is 0.264. The van der Waals surface area contributed by atoms with E-state index in [4.69, 9.17) is 76.8 Å². The molecule has 16 rings (SSSR count). The molecule has 1 unspecified atom stereocenters. The molecule has 0 radical (unpaired) electrons. The highest BCUT2D eigenvalue weighted by atomic mass is 16.8. The summed E-state index contributed by atoms with van der Waals surface area (Å²) in [5.74, 6) is -2.47. The first-order chi connectivity index (χ1) is 37.1. The molecule has 0 saturated carbocycles. The zero-order valence-corrected chi connectivity index (χ0v) is 45.6. The smallest absolute Gasteiger partial charge is 0.308 e. The molecular weight excluding hydrogens is 995 g/mol. The van der Waals surface area contributed by atoms with Gasteiger partial charge in [-0.1, -0.05) is 40.9 Å². The molecule has 31 atom stereocenters. The summed E-state index contributed by atoms with van der Waals surface area (Å²) in [5, 5.41) is 10.8. The van der Waals surface area contributed by atoms with Gasteiger partial charge < -0.3 is 81.9 Å². The number of carbonyl (C=O) groups is 1. The second-order valence-corrected chi connectivity index (χ2v) is 27.0. The highest BCUT2D eigenvalue weighted by molar-refractivity contribution is 5.70. The normalized spacial score (nSPS) is 57.9. The third-order valence-corrected chi connectivity index (χ3v) is 21.7. The van der Waals surface area contributed by atoms with Crippen LogP contribution in [0.3, 0.4) is 0 Å². The number of rotatable bonds is 3. The molecule has 18 heteroatoms. The van der Waals surface area contributed by atoms with Gasteiger partial charge in [-0.15, -0.1) is 0 Å². The lowest BCUT2D eigenvalue weighted by atomic mass is 9.79. The van der Waals surface area contributed by atoms with E-state index in [-0.39, 0.29) is 152 Å². The number of aliphatic hydroxyl groups is 1. The highest BCUT2D eigenvalue weighted by Crippen LogP contribution is 2.58.